The highest BCUT2D eigenvalue weighted by molar-refractivity contribution is 4.47. The van der Waals surface area contributed by atoms with E-state index in [1.165, 1.54) is 6.26 Å². The van der Waals surface area contributed by atoms with Crippen LogP contribution in [-0.4, -0.2) is 81.4 Å². The van der Waals surface area contributed by atoms with Crippen LogP contribution >= 0.6 is 0 Å². The predicted molar refractivity (Wildman–Crippen MR) is 69.9 cm³/mol. The average Bonchev–Trinajstić information content (AvgIpc) is 2.43. The standard InChI is InChI=1S/C6H14O4.C6H12O3/c7-1-3-9-5-6-10-4-2-8;1-2-8-5-6-9-4-3-7/h7-8H,1-6H2;2,7H,1,3-6H2. The van der Waals surface area contributed by atoms with E-state index in [2.05, 4.69) is 6.58 Å². The topological polar surface area (TPSA) is 97.6 Å². The molecule has 0 bridgehead atoms. The summed E-state index contributed by atoms with van der Waals surface area (Å²) in [6.07, 6.45) is 1.36. The molecule has 0 aliphatic carbocycles. The molecule has 0 aromatic carbocycles. The van der Waals surface area contributed by atoms with Gasteiger partial charge in [0, 0.05) is 0 Å². The average molecular weight is 282 g/mol. The summed E-state index contributed by atoms with van der Waals surface area (Å²) in [5.74, 6) is 0. The zero-order chi connectivity index (χ0) is 14.6. The molecule has 0 amide bonds. The minimum atomic E-state index is 0.0417. The summed E-state index contributed by atoms with van der Waals surface area (Å²) in [6.45, 7) is 6.53. The lowest BCUT2D eigenvalue weighted by molar-refractivity contribution is 0.0222. The minimum absolute atomic E-state index is 0.0417. The second-order valence-corrected chi connectivity index (χ2v) is 3.05. The third kappa shape index (κ3) is 26.8. The highest BCUT2D eigenvalue weighted by Gasteiger charge is 1.86. The largest absolute Gasteiger partial charge is 0.499 e. The van der Waals surface area contributed by atoms with Crippen LogP contribution in [0.2, 0.25) is 0 Å². The van der Waals surface area contributed by atoms with Crippen molar-refractivity contribution in [2.45, 2.75) is 0 Å². The van der Waals surface area contributed by atoms with Gasteiger partial charge in [0.25, 0.3) is 0 Å². The molecule has 0 aromatic heterocycles. The van der Waals surface area contributed by atoms with Gasteiger partial charge in [0.15, 0.2) is 0 Å². The number of aliphatic hydroxyl groups excluding tert-OH is 3. The molecule has 0 spiro atoms. The number of aliphatic hydroxyl groups is 3. The summed E-state index contributed by atoms with van der Waals surface area (Å²) < 4.78 is 19.3. The number of hydrogen-bond donors (Lipinski definition) is 3. The molecule has 0 radical (unpaired) electrons. The number of ether oxygens (including phenoxy) is 4. The molecule has 7 nitrogen and oxygen atoms in total. The SMILES string of the molecule is C=COCCOCCO.OCCOCCOCCO. The fourth-order valence-electron chi connectivity index (χ4n) is 0.808. The van der Waals surface area contributed by atoms with E-state index < -0.39 is 0 Å². The Labute approximate surface area is 114 Å². The zero-order valence-corrected chi connectivity index (χ0v) is 11.3. The Kier molecular flexibility index (Phi) is 24.4. The van der Waals surface area contributed by atoms with E-state index in [1.807, 2.05) is 0 Å². The van der Waals surface area contributed by atoms with E-state index in [0.717, 1.165) is 0 Å². The molecule has 0 fully saturated rings. The summed E-state index contributed by atoms with van der Waals surface area (Å²) >= 11 is 0. The van der Waals surface area contributed by atoms with Crippen molar-refractivity contribution in [1.82, 2.24) is 0 Å². The lowest BCUT2D eigenvalue weighted by Crippen LogP contribution is -2.09. The summed E-state index contributed by atoms with van der Waals surface area (Å²) in [6, 6.07) is 0. The molecule has 0 aromatic rings. The zero-order valence-electron chi connectivity index (χ0n) is 11.3. The van der Waals surface area contributed by atoms with Gasteiger partial charge in [-0.05, 0) is 0 Å². The Hall–Kier alpha value is -0.700. The third-order valence-corrected chi connectivity index (χ3v) is 1.54. The molecular weight excluding hydrogens is 256 g/mol. The normalized spacial score (nSPS) is 9.63. The second kappa shape index (κ2) is 22.5. The summed E-state index contributed by atoms with van der Waals surface area (Å²) in [5, 5.41) is 24.8. The molecule has 0 saturated carbocycles. The summed E-state index contributed by atoms with van der Waals surface area (Å²) in [5.41, 5.74) is 0. The molecule has 3 N–H and O–H groups in total. The van der Waals surface area contributed by atoms with Gasteiger partial charge in [0.1, 0.15) is 6.61 Å². The van der Waals surface area contributed by atoms with Crippen LogP contribution in [0.1, 0.15) is 0 Å². The molecule has 0 rings (SSSR count). The molecule has 7 heteroatoms. The molecule has 0 saturated heterocycles. The lowest BCUT2D eigenvalue weighted by Gasteiger charge is -2.01. The Morgan fingerprint density at radius 1 is 0.632 bits per heavy atom. The molecule has 0 unspecified atom stereocenters. The van der Waals surface area contributed by atoms with Crippen molar-refractivity contribution < 1.29 is 34.3 Å². The first-order valence-corrected chi connectivity index (χ1v) is 6.11. The molecular formula is C12H26O7. The predicted octanol–water partition coefficient (Wildman–Crippen LogP) is -0.840. The van der Waals surface area contributed by atoms with Crippen LogP contribution in [0.25, 0.3) is 0 Å². The van der Waals surface area contributed by atoms with Crippen molar-refractivity contribution in [1.29, 1.82) is 0 Å². The number of hydrogen-bond acceptors (Lipinski definition) is 7. The van der Waals surface area contributed by atoms with Gasteiger partial charge in [-0.1, -0.05) is 6.58 Å². The van der Waals surface area contributed by atoms with Crippen molar-refractivity contribution in [3.05, 3.63) is 12.8 Å². The van der Waals surface area contributed by atoms with E-state index in [9.17, 15) is 0 Å². The van der Waals surface area contributed by atoms with Crippen molar-refractivity contribution in [3.8, 4) is 0 Å². The van der Waals surface area contributed by atoms with Gasteiger partial charge >= 0.3 is 0 Å². The maximum absolute atomic E-state index is 8.26. The maximum Gasteiger partial charge on any atom is 0.111 e. The van der Waals surface area contributed by atoms with Gasteiger partial charge in [-0.25, -0.2) is 0 Å². The fourth-order valence-corrected chi connectivity index (χ4v) is 0.808. The van der Waals surface area contributed by atoms with Gasteiger partial charge < -0.3 is 34.3 Å². The van der Waals surface area contributed by atoms with Crippen molar-refractivity contribution in [2.75, 3.05) is 66.1 Å². The maximum atomic E-state index is 8.26. The Morgan fingerprint density at radius 3 is 1.32 bits per heavy atom. The van der Waals surface area contributed by atoms with Crippen LogP contribution in [0.15, 0.2) is 12.8 Å². The van der Waals surface area contributed by atoms with E-state index in [-0.39, 0.29) is 19.8 Å². The van der Waals surface area contributed by atoms with Crippen LogP contribution in [0.5, 0.6) is 0 Å². The second-order valence-electron chi connectivity index (χ2n) is 3.05. The highest BCUT2D eigenvalue weighted by atomic mass is 16.5. The highest BCUT2D eigenvalue weighted by Crippen LogP contribution is 1.77. The van der Waals surface area contributed by atoms with E-state index in [4.69, 9.17) is 34.3 Å². The molecule has 19 heavy (non-hydrogen) atoms. The van der Waals surface area contributed by atoms with Crippen LogP contribution < -0.4 is 0 Å². The van der Waals surface area contributed by atoms with Gasteiger partial charge in [0.2, 0.25) is 0 Å². The summed E-state index contributed by atoms with van der Waals surface area (Å²) in [7, 11) is 0. The molecule has 116 valence electrons. The molecule has 0 atom stereocenters. The Bertz CT molecular complexity index is 147. The Balaban J connectivity index is 0. The quantitative estimate of drug-likeness (QED) is 0.299. The van der Waals surface area contributed by atoms with Crippen LogP contribution in [0, 0.1) is 0 Å². The summed E-state index contributed by atoms with van der Waals surface area (Å²) in [4.78, 5) is 0. The molecule has 0 aliphatic rings. The fraction of sp³-hybridized carbons (Fsp3) is 0.833. The lowest BCUT2D eigenvalue weighted by atomic mass is 10.7. The van der Waals surface area contributed by atoms with Crippen molar-refractivity contribution >= 4 is 0 Å². The first-order valence-electron chi connectivity index (χ1n) is 6.11. The first-order chi connectivity index (χ1) is 9.33. The van der Waals surface area contributed by atoms with E-state index in [0.29, 0.717) is 46.2 Å². The van der Waals surface area contributed by atoms with Crippen LogP contribution in [0.4, 0.5) is 0 Å². The smallest absolute Gasteiger partial charge is 0.111 e. The molecule has 0 aliphatic heterocycles. The number of rotatable bonds is 13. The third-order valence-electron chi connectivity index (χ3n) is 1.54. The van der Waals surface area contributed by atoms with Crippen LogP contribution in [0.3, 0.4) is 0 Å². The Morgan fingerprint density at radius 2 is 1.00 bits per heavy atom. The van der Waals surface area contributed by atoms with Crippen molar-refractivity contribution in [2.24, 2.45) is 0 Å². The van der Waals surface area contributed by atoms with E-state index in [1.54, 1.807) is 0 Å². The van der Waals surface area contributed by atoms with Gasteiger partial charge in [-0.2, -0.15) is 0 Å². The monoisotopic (exact) mass is 282 g/mol. The first kappa shape index (κ1) is 20.6. The van der Waals surface area contributed by atoms with Crippen LogP contribution in [-0.2, 0) is 18.9 Å². The van der Waals surface area contributed by atoms with Crippen molar-refractivity contribution in [3.63, 3.8) is 0 Å². The minimum Gasteiger partial charge on any atom is -0.499 e. The van der Waals surface area contributed by atoms with Gasteiger partial charge in [0.05, 0.1) is 65.7 Å². The van der Waals surface area contributed by atoms with Gasteiger partial charge in [-0.3, -0.25) is 0 Å². The van der Waals surface area contributed by atoms with E-state index >= 15 is 0 Å². The van der Waals surface area contributed by atoms with Gasteiger partial charge in [-0.15, -0.1) is 0 Å². The molecule has 0 heterocycles.